The molecule has 0 saturated carbocycles. The van der Waals surface area contributed by atoms with Crippen LogP contribution in [0, 0.1) is 5.82 Å². The number of carbonyl (C=O) groups excluding carboxylic acids is 1. The van der Waals surface area contributed by atoms with Crippen LogP contribution in [0.1, 0.15) is 39.9 Å². The number of carbonyl (C=O) groups is 1. The van der Waals surface area contributed by atoms with Gasteiger partial charge < -0.3 is 19.3 Å². The van der Waals surface area contributed by atoms with Gasteiger partial charge in [0.15, 0.2) is 0 Å². The summed E-state index contributed by atoms with van der Waals surface area (Å²) in [6.45, 7) is 3.79. The zero-order valence-corrected chi connectivity index (χ0v) is 17.7. The molecule has 6 heteroatoms. The first kappa shape index (κ1) is 21.0. The second-order valence-electron chi connectivity index (χ2n) is 8.31. The van der Waals surface area contributed by atoms with E-state index in [2.05, 4.69) is 19.0 Å². The molecule has 1 fully saturated rings. The van der Waals surface area contributed by atoms with E-state index in [4.69, 9.17) is 9.47 Å². The van der Waals surface area contributed by atoms with E-state index >= 15 is 0 Å². The Morgan fingerprint density at radius 2 is 1.87 bits per heavy atom. The molecular weight excluding hydrogens is 383 g/mol. The first-order valence-corrected chi connectivity index (χ1v) is 10.5. The van der Waals surface area contributed by atoms with Crippen LogP contribution < -0.4 is 0 Å². The molecule has 4 rings (SSSR count). The Labute approximate surface area is 177 Å². The van der Waals surface area contributed by atoms with Gasteiger partial charge >= 0.3 is 0 Å². The van der Waals surface area contributed by atoms with Crippen LogP contribution in [0.4, 0.5) is 4.39 Å². The Balaban J connectivity index is 1.65. The normalized spacial score (nSPS) is 21.1. The number of rotatable bonds is 6. The minimum Gasteiger partial charge on any atom is -0.378 e. The van der Waals surface area contributed by atoms with Crippen molar-refractivity contribution in [3.05, 3.63) is 70.5 Å². The Hall–Kier alpha value is -2.28. The van der Waals surface area contributed by atoms with Crippen LogP contribution in [0.5, 0.6) is 0 Å². The quantitative estimate of drug-likeness (QED) is 0.729. The molecule has 30 heavy (non-hydrogen) atoms. The molecular formula is C24H29FN2O3. The fraction of sp³-hybridized carbons (Fsp3) is 0.458. The van der Waals surface area contributed by atoms with Crippen molar-refractivity contribution < 1.29 is 18.7 Å². The third kappa shape index (κ3) is 4.13. The molecule has 0 aromatic heterocycles. The number of amides is 1. The smallest absolute Gasteiger partial charge is 0.254 e. The summed E-state index contributed by atoms with van der Waals surface area (Å²) >= 11 is 0. The summed E-state index contributed by atoms with van der Waals surface area (Å²) in [5.41, 5.74) is 3.13. The van der Waals surface area contributed by atoms with Crippen molar-refractivity contribution in [3.63, 3.8) is 0 Å². The topological polar surface area (TPSA) is 42.0 Å². The first-order valence-electron chi connectivity index (χ1n) is 10.5. The third-order valence-corrected chi connectivity index (χ3v) is 6.00. The summed E-state index contributed by atoms with van der Waals surface area (Å²) in [6, 6.07) is 12.5. The molecule has 2 aliphatic rings. The molecule has 2 aromatic rings. The number of morpholine rings is 1. The average Bonchev–Trinajstić information content (AvgIpc) is 3.13. The summed E-state index contributed by atoms with van der Waals surface area (Å²) in [5.74, 6) is -0.222. The van der Waals surface area contributed by atoms with E-state index < -0.39 is 5.60 Å². The highest BCUT2D eigenvalue weighted by Crippen LogP contribution is 2.45. The Morgan fingerprint density at radius 3 is 2.57 bits per heavy atom. The van der Waals surface area contributed by atoms with E-state index in [-0.39, 0.29) is 11.7 Å². The zero-order valence-electron chi connectivity index (χ0n) is 17.7. The minimum absolute atomic E-state index is 0.0352. The molecule has 2 aliphatic heterocycles. The number of hydrogen-bond donors (Lipinski definition) is 0. The molecule has 0 aliphatic carbocycles. The van der Waals surface area contributed by atoms with Gasteiger partial charge in [-0.25, -0.2) is 4.39 Å². The monoisotopic (exact) mass is 412 g/mol. The number of fused-ring (bicyclic) bond motifs is 1. The molecule has 0 N–H and O–H groups in total. The molecule has 0 radical (unpaired) electrons. The first-order chi connectivity index (χ1) is 14.5. The Morgan fingerprint density at radius 1 is 1.13 bits per heavy atom. The summed E-state index contributed by atoms with van der Waals surface area (Å²) in [7, 11) is 4.11. The summed E-state index contributed by atoms with van der Waals surface area (Å²) in [6.07, 6.45) is 1.73. The maximum atomic E-state index is 13.6. The van der Waals surface area contributed by atoms with Crippen LogP contribution in [0.25, 0.3) is 0 Å². The molecule has 0 bridgehead atoms. The molecule has 1 saturated heterocycles. The van der Waals surface area contributed by atoms with Gasteiger partial charge in [0.25, 0.3) is 5.91 Å². The van der Waals surface area contributed by atoms with Crippen LogP contribution in [0.3, 0.4) is 0 Å². The fourth-order valence-corrected chi connectivity index (χ4v) is 4.42. The van der Waals surface area contributed by atoms with Gasteiger partial charge in [-0.3, -0.25) is 4.79 Å². The highest BCUT2D eigenvalue weighted by Gasteiger charge is 2.41. The van der Waals surface area contributed by atoms with Gasteiger partial charge in [-0.05, 0) is 74.4 Å². The molecule has 0 spiro atoms. The number of halogens is 1. The molecule has 5 nitrogen and oxygen atoms in total. The van der Waals surface area contributed by atoms with Crippen molar-refractivity contribution >= 4 is 5.91 Å². The fourth-order valence-electron chi connectivity index (χ4n) is 4.42. The van der Waals surface area contributed by atoms with Gasteiger partial charge in [0.05, 0.1) is 19.8 Å². The summed E-state index contributed by atoms with van der Waals surface area (Å²) < 4.78 is 25.3. The van der Waals surface area contributed by atoms with Gasteiger partial charge in [-0.15, -0.1) is 0 Å². The average molecular weight is 413 g/mol. The number of hydrogen-bond acceptors (Lipinski definition) is 4. The van der Waals surface area contributed by atoms with Crippen molar-refractivity contribution in [2.45, 2.75) is 25.0 Å². The number of ether oxygens (including phenoxy) is 2. The highest BCUT2D eigenvalue weighted by molar-refractivity contribution is 5.94. The molecule has 2 aromatic carbocycles. The molecule has 1 unspecified atom stereocenters. The van der Waals surface area contributed by atoms with Crippen LogP contribution in [0.15, 0.2) is 42.5 Å². The van der Waals surface area contributed by atoms with Gasteiger partial charge in [-0.1, -0.05) is 18.2 Å². The highest BCUT2D eigenvalue weighted by atomic mass is 19.1. The molecule has 2 heterocycles. The standard InChI is InChI=1S/C24H29FN2O3/c1-26(2)11-3-10-24(20-5-7-21(25)8-6-20)22-9-4-18(16-19(22)17-30-24)23(28)27-12-14-29-15-13-27/h4-9,16H,3,10-15,17H2,1-2H3. The molecule has 1 atom stereocenters. The minimum atomic E-state index is -0.612. The van der Waals surface area contributed by atoms with Crippen LogP contribution in [0.2, 0.25) is 0 Å². The van der Waals surface area contributed by atoms with Crippen molar-refractivity contribution in [3.8, 4) is 0 Å². The second kappa shape index (κ2) is 8.84. The molecule has 160 valence electrons. The van der Waals surface area contributed by atoms with Crippen molar-refractivity contribution in [1.29, 1.82) is 0 Å². The number of benzene rings is 2. The second-order valence-corrected chi connectivity index (χ2v) is 8.31. The largest absolute Gasteiger partial charge is 0.378 e. The Bertz CT molecular complexity index is 894. The van der Waals surface area contributed by atoms with Crippen LogP contribution in [-0.2, 0) is 21.7 Å². The lowest BCUT2D eigenvalue weighted by Crippen LogP contribution is -2.40. The lowest BCUT2D eigenvalue weighted by atomic mass is 9.81. The summed E-state index contributed by atoms with van der Waals surface area (Å²) in [4.78, 5) is 16.9. The van der Waals surface area contributed by atoms with E-state index in [9.17, 15) is 9.18 Å². The Kier molecular flexibility index (Phi) is 6.18. The maximum absolute atomic E-state index is 13.6. The predicted molar refractivity (Wildman–Crippen MR) is 113 cm³/mol. The summed E-state index contributed by atoms with van der Waals surface area (Å²) in [5, 5.41) is 0. The van der Waals surface area contributed by atoms with Gasteiger partial charge in [0.1, 0.15) is 11.4 Å². The van der Waals surface area contributed by atoms with Crippen molar-refractivity contribution in [2.24, 2.45) is 0 Å². The lowest BCUT2D eigenvalue weighted by Gasteiger charge is -2.31. The van der Waals surface area contributed by atoms with Crippen molar-refractivity contribution in [2.75, 3.05) is 46.9 Å². The van der Waals surface area contributed by atoms with Crippen molar-refractivity contribution in [1.82, 2.24) is 9.80 Å². The van der Waals surface area contributed by atoms with Crippen LogP contribution >= 0.6 is 0 Å². The zero-order chi connectivity index (χ0) is 21.1. The van der Waals surface area contributed by atoms with Gasteiger partial charge in [0, 0.05) is 18.7 Å². The molecule has 1 amide bonds. The predicted octanol–water partition coefficient (Wildman–Crippen LogP) is 3.41. The van der Waals surface area contributed by atoms with E-state index in [1.54, 1.807) is 0 Å². The van der Waals surface area contributed by atoms with E-state index in [0.717, 1.165) is 36.1 Å². The lowest BCUT2D eigenvalue weighted by molar-refractivity contribution is -0.0140. The third-order valence-electron chi connectivity index (χ3n) is 6.00. The SMILES string of the molecule is CN(C)CCCC1(c2ccc(F)cc2)OCc2cc(C(=O)N3CCOCC3)ccc21. The van der Waals surface area contributed by atoms with Crippen LogP contribution in [-0.4, -0.2) is 62.7 Å². The van der Waals surface area contributed by atoms with Gasteiger partial charge in [0.2, 0.25) is 0 Å². The number of nitrogens with zero attached hydrogens (tertiary/aromatic N) is 2. The van der Waals surface area contributed by atoms with Gasteiger partial charge in [-0.2, -0.15) is 0 Å². The van der Waals surface area contributed by atoms with E-state index in [1.807, 2.05) is 35.2 Å². The van der Waals surface area contributed by atoms with E-state index in [0.29, 0.717) is 38.5 Å². The van der Waals surface area contributed by atoms with E-state index in [1.165, 1.54) is 12.1 Å². The maximum Gasteiger partial charge on any atom is 0.254 e.